The number of halogens is 1. The van der Waals surface area contributed by atoms with E-state index in [4.69, 9.17) is 9.47 Å². The van der Waals surface area contributed by atoms with Gasteiger partial charge in [0.15, 0.2) is 12.0 Å². The highest BCUT2D eigenvalue weighted by Crippen LogP contribution is 2.66. The molecule has 2 saturated carbocycles. The maximum absolute atomic E-state index is 13.2. The average molecular weight is 521 g/mol. The summed E-state index contributed by atoms with van der Waals surface area (Å²) in [4.78, 5) is 37.0. The zero-order valence-electron chi connectivity index (χ0n) is 19.5. The number of Topliss-reactive ketones (excluding diaryl/α,β-unsaturated/α-hetero) is 1. The van der Waals surface area contributed by atoms with Crippen LogP contribution in [0.1, 0.15) is 74.7 Å². The lowest BCUT2D eigenvalue weighted by Gasteiger charge is -2.66. The molecule has 0 radical (unpaired) electrons. The number of nitro groups is 1. The number of methoxy groups -OCH3 is 1. The molecule has 8 nitrogen and oxygen atoms in total. The fraction of sp³-hybridized carbons (Fsp3) is 0.667. The lowest BCUT2D eigenvalue weighted by atomic mass is 9.44. The van der Waals surface area contributed by atoms with Crippen LogP contribution in [0.4, 0.5) is 5.69 Å². The van der Waals surface area contributed by atoms with Gasteiger partial charge in [0.2, 0.25) is 0 Å². The van der Waals surface area contributed by atoms with Gasteiger partial charge < -0.3 is 14.8 Å². The topological polar surface area (TPSA) is 108 Å². The minimum absolute atomic E-state index is 0.00699. The molecule has 6 atom stereocenters. The molecule has 9 heteroatoms. The monoisotopic (exact) mass is 520 g/mol. The molecule has 0 aromatic heterocycles. The van der Waals surface area contributed by atoms with E-state index in [0.29, 0.717) is 24.2 Å². The molecule has 0 unspecified atom stereocenters. The van der Waals surface area contributed by atoms with Crippen molar-refractivity contribution in [2.75, 3.05) is 7.11 Å². The second-order valence-corrected chi connectivity index (χ2v) is 12.0. The first-order chi connectivity index (χ1) is 15.4. The van der Waals surface area contributed by atoms with Gasteiger partial charge in [0, 0.05) is 41.9 Å². The van der Waals surface area contributed by atoms with Crippen molar-refractivity contribution in [3.8, 4) is 5.75 Å². The van der Waals surface area contributed by atoms with Crippen LogP contribution in [0.3, 0.4) is 0 Å². The first-order valence-corrected chi connectivity index (χ1v) is 12.4. The number of fused-ring (bicyclic) bond motifs is 3. The van der Waals surface area contributed by atoms with Crippen molar-refractivity contribution in [2.45, 2.75) is 70.0 Å². The minimum Gasteiger partial charge on any atom is -0.486 e. The van der Waals surface area contributed by atoms with Crippen molar-refractivity contribution in [1.82, 2.24) is 5.32 Å². The smallest absolute Gasteiger partial charge is 0.283 e. The van der Waals surface area contributed by atoms with Crippen molar-refractivity contribution in [2.24, 2.45) is 22.7 Å². The summed E-state index contributed by atoms with van der Waals surface area (Å²) < 4.78 is 12.5. The number of ether oxygens (including phenoxy) is 2. The fourth-order valence-electron chi connectivity index (χ4n) is 7.22. The number of carbonyl (C=O) groups excluding carboxylic acids is 2. The molecule has 0 saturated heterocycles. The molecule has 178 valence electrons. The number of nitrogens with zero attached hydrogens (tertiary/aromatic N) is 1. The van der Waals surface area contributed by atoms with Crippen LogP contribution in [0, 0.1) is 32.8 Å². The van der Waals surface area contributed by atoms with E-state index in [1.165, 1.54) is 13.2 Å². The average Bonchev–Trinajstić information content (AvgIpc) is 3.08. The summed E-state index contributed by atoms with van der Waals surface area (Å²) >= 11 is 3.65. The van der Waals surface area contributed by atoms with Gasteiger partial charge in [-0.1, -0.05) is 43.6 Å². The summed E-state index contributed by atoms with van der Waals surface area (Å²) in [6, 6.07) is 1.50. The summed E-state index contributed by atoms with van der Waals surface area (Å²) in [7, 11) is 1.46. The normalized spacial score (nSPS) is 38.4. The molecule has 5 rings (SSSR count). The Morgan fingerprint density at radius 1 is 1.27 bits per heavy atom. The van der Waals surface area contributed by atoms with Crippen molar-refractivity contribution in [3.63, 3.8) is 0 Å². The molecule has 1 aromatic rings. The number of rotatable bonds is 2. The highest BCUT2D eigenvalue weighted by atomic mass is 79.9. The van der Waals surface area contributed by atoms with Crippen LogP contribution < -0.4 is 10.1 Å². The van der Waals surface area contributed by atoms with Gasteiger partial charge in [-0.2, -0.15) is 0 Å². The number of hydrogen-bond acceptors (Lipinski definition) is 6. The molecule has 2 aliphatic heterocycles. The van der Waals surface area contributed by atoms with E-state index in [1.807, 2.05) is 13.8 Å². The quantitative estimate of drug-likeness (QED) is 0.350. The van der Waals surface area contributed by atoms with Gasteiger partial charge in [-0.05, 0) is 25.2 Å². The largest absolute Gasteiger partial charge is 0.486 e. The lowest BCUT2D eigenvalue weighted by Crippen LogP contribution is -2.71. The van der Waals surface area contributed by atoms with Crippen molar-refractivity contribution >= 4 is 33.3 Å². The van der Waals surface area contributed by atoms with Crippen LogP contribution in [0.5, 0.6) is 5.75 Å². The summed E-state index contributed by atoms with van der Waals surface area (Å²) in [5, 5.41) is 14.6. The van der Waals surface area contributed by atoms with E-state index >= 15 is 0 Å². The Bertz CT molecular complexity index is 1100. The number of nitrogens with one attached hydrogen (secondary N) is 1. The van der Waals surface area contributed by atoms with Gasteiger partial charge in [0.05, 0.1) is 15.3 Å². The molecular weight excluding hydrogens is 492 g/mol. The number of nitro benzene ring substituents is 1. The third-order valence-electron chi connectivity index (χ3n) is 9.18. The zero-order valence-corrected chi connectivity index (χ0v) is 21.1. The van der Waals surface area contributed by atoms with Gasteiger partial charge in [0.25, 0.3) is 11.6 Å². The Morgan fingerprint density at radius 2 is 1.97 bits per heavy atom. The van der Waals surface area contributed by atoms with E-state index in [1.54, 1.807) is 0 Å². The minimum atomic E-state index is -0.820. The Kier molecular flexibility index (Phi) is 4.84. The molecular formula is C24H29BrN2O6. The first kappa shape index (κ1) is 22.8. The molecule has 1 N–H and O–H groups in total. The number of hydrogen-bond donors (Lipinski definition) is 1. The molecule has 1 spiro atoms. The van der Waals surface area contributed by atoms with E-state index < -0.39 is 28.1 Å². The molecule has 4 aliphatic rings. The van der Waals surface area contributed by atoms with E-state index in [-0.39, 0.29) is 39.1 Å². The van der Waals surface area contributed by atoms with Gasteiger partial charge in [-0.3, -0.25) is 19.7 Å². The number of benzene rings is 1. The summed E-state index contributed by atoms with van der Waals surface area (Å²) in [5.74, 6) is 0.424. The summed E-state index contributed by atoms with van der Waals surface area (Å²) in [6.45, 7) is 8.43. The molecule has 0 bridgehead atoms. The molecule has 2 fully saturated rings. The lowest BCUT2D eigenvalue weighted by molar-refractivity contribution is -0.385. The fourth-order valence-corrected chi connectivity index (χ4v) is 8.29. The van der Waals surface area contributed by atoms with Crippen LogP contribution >= 0.6 is 15.9 Å². The second-order valence-electron chi connectivity index (χ2n) is 10.9. The molecule has 2 aliphatic carbocycles. The number of amides is 1. The zero-order chi connectivity index (χ0) is 24.1. The van der Waals surface area contributed by atoms with Gasteiger partial charge in [-0.15, -0.1) is 0 Å². The predicted octanol–water partition coefficient (Wildman–Crippen LogP) is 4.47. The maximum Gasteiger partial charge on any atom is 0.283 e. The van der Waals surface area contributed by atoms with E-state index in [0.717, 1.165) is 18.4 Å². The van der Waals surface area contributed by atoms with Crippen molar-refractivity contribution in [1.29, 1.82) is 0 Å². The predicted molar refractivity (Wildman–Crippen MR) is 123 cm³/mol. The summed E-state index contributed by atoms with van der Waals surface area (Å²) in [6.07, 6.45) is 2.09. The van der Waals surface area contributed by atoms with Crippen molar-refractivity contribution < 1.29 is 24.0 Å². The molecule has 1 amide bonds. The number of carbonyl (C=O) groups is 2. The number of ketones is 1. The molecule has 33 heavy (non-hydrogen) atoms. The maximum atomic E-state index is 13.2. The standard InChI is InChI=1S/C24H29BrN2O6/c1-11-6-7-15-22(2,3)19(28)13(25)10-24(15)23(11,4)9-12-8-14(27(30)31)16-17(18(12)33-24)21(32-5)26-20(16)29/h8,11,13,15,21H,6-7,9-10H2,1-5H3,(H,26,29)/t11-,13+,15-,21+,23+,24-/m0/s1. The highest BCUT2D eigenvalue weighted by molar-refractivity contribution is 9.10. The second kappa shape index (κ2) is 7.01. The SMILES string of the molecule is CO[C@H]1NC(=O)c2c([N+](=O)[O-])cc3c(c21)O[C@@]12C[C@@H](Br)C(=O)C(C)(C)[C@@H]1CC[C@H](C)[C@@]2(C)C3. The third-order valence-corrected chi connectivity index (χ3v) is 9.92. The van der Waals surface area contributed by atoms with Gasteiger partial charge in [-0.25, -0.2) is 0 Å². The Morgan fingerprint density at radius 3 is 2.61 bits per heavy atom. The van der Waals surface area contributed by atoms with E-state index in [9.17, 15) is 19.7 Å². The highest BCUT2D eigenvalue weighted by Gasteiger charge is 2.69. The molecule has 2 heterocycles. The number of alkyl halides is 1. The van der Waals surface area contributed by atoms with Gasteiger partial charge >= 0.3 is 0 Å². The van der Waals surface area contributed by atoms with E-state index in [2.05, 4.69) is 35.1 Å². The third kappa shape index (κ3) is 2.72. The van der Waals surface area contributed by atoms with Crippen molar-refractivity contribution in [3.05, 3.63) is 32.9 Å². The Labute approximate surface area is 201 Å². The van der Waals surface area contributed by atoms with Crippen LogP contribution in [0.2, 0.25) is 0 Å². The Balaban J connectivity index is 1.79. The van der Waals surface area contributed by atoms with Crippen LogP contribution in [0.15, 0.2) is 6.07 Å². The van der Waals surface area contributed by atoms with Gasteiger partial charge in [0.1, 0.15) is 16.9 Å². The van der Waals surface area contributed by atoms with Crippen LogP contribution in [0.25, 0.3) is 0 Å². The first-order valence-electron chi connectivity index (χ1n) is 11.4. The Hall–Kier alpha value is -2.00. The summed E-state index contributed by atoms with van der Waals surface area (Å²) in [5.41, 5.74) is -0.676. The van der Waals surface area contributed by atoms with Crippen LogP contribution in [-0.2, 0) is 16.0 Å². The molecule has 1 aromatic carbocycles. The van der Waals surface area contributed by atoms with Crippen LogP contribution in [-0.4, -0.2) is 34.2 Å².